The van der Waals surface area contributed by atoms with E-state index in [4.69, 9.17) is 4.74 Å². The van der Waals surface area contributed by atoms with Crippen LogP contribution in [-0.2, 0) is 9.53 Å². The van der Waals surface area contributed by atoms with Crippen molar-refractivity contribution < 1.29 is 9.53 Å². The summed E-state index contributed by atoms with van der Waals surface area (Å²) in [4.78, 5) is 14.5. The van der Waals surface area contributed by atoms with Crippen LogP contribution in [0.3, 0.4) is 0 Å². The number of rotatable bonds is 3. The summed E-state index contributed by atoms with van der Waals surface area (Å²) in [7, 11) is 1.85. The molecule has 2 bridgehead atoms. The first-order valence-corrected chi connectivity index (χ1v) is 7.81. The highest BCUT2D eigenvalue weighted by Gasteiger charge is 2.39. The minimum Gasteiger partial charge on any atom is -0.377 e. The minimum atomic E-state index is -0.150. The highest BCUT2D eigenvalue weighted by Crippen LogP contribution is 2.46. The van der Waals surface area contributed by atoms with E-state index in [2.05, 4.69) is 10.2 Å². The van der Waals surface area contributed by atoms with Gasteiger partial charge in [0.2, 0.25) is 5.91 Å². The van der Waals surface area contributed by atoms with E-state index in [9.17, 15) is 4.79 Å². The lowest BCUT2D eigenvalue weighted by atomic mass is 9.87. The Labute approximate surface area is 115 Å². The van der Waals surface area contributed by atoms with Gasteiger partial charge in [0.25, 0.3) is 0 Å². The first-order chi connectivity index (χ1) is 9.28. The predicted octanol–water partition coefficient (Wildman–Crippen LogP) is 1.26. The summed E-state index contributed by atoms with van der Waals surface area (Å²) in [5.41, 5.74) is 0. The number of nitrogens with one attached hydrogen (secondary N) is 1. The van der Waals surface area contributed by atoms with Crippen molar-refractivity contribution >= 4 is 5.91 Å². The maximum absolute atomic E-state index is 12.4. The van der Waals surface area contributed by atoms with Crippen LogP contribution in [-0.4, -0.2) is 50.2 Å². The average molecular weight is 266 g/mol. The Hall–Kier alpha value is -0.610. The number of nitrogens with zero attached hydrogens (tertiary/aromatic N) is 1. The zero-order chi connectivity index (χ0) is 13.2. The first-order valence-electron chi connectivity index (χ1n) is 7.81. The summed E-state index contributed by atoms with van der Waals surface area (Å²) in [6.45, 7) is 2.93. The third kappa shape index (κ3) is 2.79. The Morgan fingerprint density at radius 1 is 1.37 bits per heavy atom. The molecule has 0 aromatic heterocycles. The van der Waals surface area contributed by atoms with Crippen LogP contribution in [0.2, 0.25) is 0 Å². The van der Waals surface area contributed by atoms with Gasteiger partial charge in [0.15, 0.2) is 0 Å². The summed E-state index contributed by atoms with van der Waals surface area (Å²) in [6, 6.07) is -0.150. The summed E-state index contributed by atoms with van der Waals surface area (Å²) in [5.74, 6) is 2.81. The zero-order valence-electron chi connectivity index (χ0n) is 11.9. The van der Waals surface area contributed by atoms with E-state index in [1.807, 2.05) is 7.05 Å². The van der Waals surface area contributed by atoms with Crippen molar-refractivity contribution in [3.05, 3.63) is 0 Å². The number of amides is 1. The smallest absolute Gasteiger partial charge is 0.242 e. The molecule has 4 unspecified atom stereocenters. The maximum atomic E-state index is 12.4. The van der Waals surface area contributed by atoms with Crippen LogP contribution in [0.4, 0.5) is 0 Å². The molecule has 19 heavy (non-hydrogen) atoms. The lowest BCUT2D eigenvalue weighted by molar-refractivity contribution is -0.133. The topological polar surface area (TPSA) is 41.6 Å². The molecular weight excluding hydrogens is 240 g/mol. The van der Waals surface area contributed by atoms with Crippen LogP contribution >= 0.6 is 0 Å². The fourth-order valence-corrected chi connectivity index (χ4v) is 4.27. The van der Waals surface area contributed by atoms with Crippen molar-refractivity contribution in [1.29, 1.82) is 0 Å². The molecule has 0 spiro atoms. The summed E-state index contributed by atoms with van der Waals surface area (Å²) < 4.78 is 5.52. The Bertz CT molecular complexity index is 334. The Morgan fingerprint density at radius 2 is 2.26 bits per heavy atom. The standard InChI is InChI=1S/C15H26N2O2/c1-16-14-10-19-6-5-17(15(14)18)9-13-8-11-3-2-4-12(13)7-11/h11-14,16H,2-10H2,1H3. The first kappa shape index (κ1) is 13.4. The normalized spacial score (nSPS) is 39.4. The number of fused-ring (bicyclic) bond motifs is 2. The molecule has 4 nitrogen and oxygen atoms in total. The molecule has 108 valence electrons. The van der Waals surface area contributed by atoms with E-state index in [1.54, 1.807) is 0 Å². The molecule has 1 N–H and O–H groups in total. The number of hydrogen-bond donors (Lipinski definition) is 1. The van der Waals surface area contributed by atoms with Gasteiger partial charge in [-0.3, -0.25) is 4.79 Å². The molecule has 1 aliphatic heterocycles. The van der Waals surface area contributed by atoms with Crippen molar-refractivity contribution in [3.8, 4) is 0 Å². The Kier molecular flexibility index (Phi) is 4.08. The number of ether oxygens (including phenoxy) is 1. The van der Waals surface area contributed by atoms with Gasteiger partial charge >= 0.3 is 0 Å². The molecule has 3 fully saturated rings. The molecule has 0 aromatic rings. The van der Waals surface area contributed by atoms with Gasteiger partial charge < -0.3 is 15.0 Å². The van der Waals surface area contributed by atoms with Crippen molar-refractivity contribution in [3.63, 3.8) is 0 Å². The second kappa shape index (κ2) is 5.80. The van der Waals surface area contributed by atoms with Crippen molar-refractivity contribution in [1.82, 2.24) is 10.2 Å². The second-order valence-corrected chi connectivity index (χ2v) is 6.49. The summed E-state index contributed by atoms with van der Waals surface area (Å²) in [6.07, 6.45) is 6.97. The van der Waals surface area contributed by atoms with E-state index in [0.29, 0.717) is 13.2 Å². The van der Waals surface area contributed by atoms with Gasteiger partial charge in [0.1, 0.15) is 6.04 Å². The van der Waals surface area contributed by atoms with Crippen LogP contribution in [0.5, 0.6) is 0 Å². The molecule has 4 heteroatoms. The molecule has 0 radical (unpaired) electrons. The van der Waals surface area contributed by atoms with E-state index < -0.39 is 0 Å². The van der Waals surface area contributed by atoms with Gasteiger partial charge in [-0.1, -0.05) is 19.3 Å². The fourth-order valence-electron chi connectivity index (χ4n) is 4.27. The molecule has 0 aromatic carbocycles. The molecule has 1 heterocycles. The average Bonchev–Trinajstić information content (AvgIpc) is 2.59. The van der Waals surface area contributed by atoms with Gasteiger partial charge in [0.05, 0.1) is 13.2 Å². The highest BCUT2D eigenvalue weighted by molar-refractivity contribution is 5.82. The van der Waals surface area contributed by atoms with Crippen LogP contribution in [0.15, 0.2) is 0 Å². The quantitative estimate of drug-likeness (QED) is 0.836. The lowest BCUT2D eigenvalue weighted by Crippen LogP contribution is -2.47. The van der Waals surface area contributed by atoms with E-state index in [0.717, 1.165) is 30.8 Å². The minimum absolute atomic E-state index is 0.150. The SMILES string of the molecule is CNC1COCCN(CC2CC3CCCC2C3)C1=O. The summed E-state index contributed by atoms with van der Waals surface area (Å²) >= 11 is 0. The van der Waals surface area contributed by atoms with E-state index >= 15 is 0 Å². The monoisotopic (exact) mass is 266 g/mol. The predicted molar refractivity (Wildman–Crippen MR) is 73.8 cm³/mol. The van der Waals surface area contributed by atoms with Crippen LogP contribution in [0.1, 0.15) is 32.1 Å². The van der Waals surface area contributed by atoms with Gasteiger partial charge in [0, 0.05) is 13.1 Å². The third-order valence-electron chi connectivity index (χ3n) is 5.33. The number of carbonyl (C=O) groups is 1. The molecule has 3 aliphatic rings. The number of hydrogen-bond acceptors (Lipinski definition) is 3. The molecule has 2 aliphatic carbocycles. The molecule has 4 atom stereocenters. The van der Waals surface area contributed by atoms with E-state index in [1.165, 1.54) is 32.1 Å². The third-order valence-corrected chi connectivity index (χ3v) is 5.33. The molecule has 1 amide bonds. The maximum Gasteiger partial charge on any atom is 0.242 e. The molecule has 2 saturated carbocycles. The highest BCUT2D eigenvalue weighted by atomic mass is 16.5. The van der Waals surface area contributed by atoms with Crippen LogP contribution < -0.4 is 5.32 Å². The summed E-state index contributed by atoms with van der Waals surface area (Å²) in [5, 5.41) is 3.08. The van der Waals surface area contributed by atoms with Gasteiger partial charge in [-0.15, -0.1) is 0 Å². The number of carbonyl (C=O) groups excluding carboxylic acids is 1. The van der Waals surface area contributed by atoms with Crippen LogP contribution in [0, 0.1) is 17.8 Å². The zero-order valence-corrected chi connectivity index (χ0v) is 11.9. The lowest BCUT2D eigenvalue weighted by Gasteiger charge is -2.29. The molecule has 3 rings (SSSR count). The van der Waals surface area contributed by atoms with Gasteiger partial charge in [-0.25, -0.2) is 0 Å². The molecular formula is C15H26N2O2. The Balaban J connectivity index is 1.63. The largest absolute Gasteiger partial charge is 0.377 e. The van der Waals surface area contributed by atoms with Crippen molar-refractivity contribution in [2.24, 2.45) is 17.8 Å². The van der Waals surface area contributed by atoms with Gasteiger partial charge in [-0.2, -0.15) is 0 Å². The Morgan fingerprint density at radius 3 is 3.05 bits per heavy atom. The van der Waals surface area contributed by atoms with Gasteiger partial charge in [-0.05, 0) is 37.6 Å². The number of likely N-dealkylation sites (N-methyl/N-ethyl adjacent to an activating group) is 1. The van der Waals surface area contributed by atoms with E-state index in [-0.39, 0.29) is 11.9 Å². The fraction of sp³-hybridized carbons (Fsp3) is 0.933. The second-order valence-electron chi connectivity index (χ2n) is 6.49. The van der Waals surface area contributed by atoms with Crippen molar-refractivity contribution in [2.75, 3.05) is 33.4 Å². The van der Waals surface area contributed by atoms with Crippen LogP contribution in [0.25, 0.3) is 0 Å². The van der Waals surface area contributed by atoms with Crippen molar-refractivity contribution in [2.45, 2.75) is 38.1 Å². The molecule has 1 saturated heterocycles.